The van der Waals surface area contributed by atoms with Crippen molar-refractivity contribution in [3.05, 3.63) is 0 Å². The van der Waals surface area contributed by atoms with Crippen molar-refractivity contribution in [1.82, 2.24) is 0 Å². The van der Waals surface area contributed by atoms with Crippen molar-refractivity contribution >= 4 is 11.8 Å². The minimum atomic E-state index is -0.651. The largest absolute Gasteiger partial charge is 0.468 e. The Hall–Kier alpha value is -0.900. The zero-order valence-electron chi connectivity index (χ0n) is 10.5. The third-order valence-corrected chi connectivity index (χ3v) is 2.51. The summed E-state index contributed by atoms with van der Waals surface area (Å²) in [6.45, 7) is 2.10. The van der Waals surface area contributed by atoms with Gasteiger partial charge in [0.2, 0.25) is 0 Å². The van der Waals surface area contributed by atoms with Crippen molar-refractivity contribution in [2.24, 2.45) is 5.92 Å². The van der Waals surface area contributed by atoms with Crippen molar-refractivity contribution < 1.29 is 19.1 Å². The molecule has 4 nitrogen and oxygen atoms in total. The second-order valence-electron chi connectivity index (χ2n) is 3.82. The second kappa shape index (κ2) is 9.33. The van der Waals surface area contributed by atoms with Gasteiger partial charge in [-0.1, -0.05) is 32.6 Å². The summed E-state index contributed by atoms with van der Waals surface area (Å²) in [6.07, 6.45) is 4.75. The molecule has 0 rings (SSSR count). The van der Waals surface area contributed by atoms with E-state index in [1.54, 1.807) is 0 Å². The molecule has 0 aromatic carbocycles. The Morgan fingerprint density at radius 2 is 1.81 bits per heavy atom. The van der Waals surface area contributed by atoms with Crippen LogP contribution in [0.5, 0.6) is 0 Å². The fourth-order valence-electron chi connectivity index (χ4n) is 1.57. The maximum atomic E-state index is 11.6. The summed E-state index contributed by atoms with van der Waals surface area (Å²) in [6, 6.07) is 0. The summed E-state index contributed by atoms with van der Waals surface area (Å²) < 4.78 is 9.37. The van der Waals surface area contributed by atoms with Crippen LogP contribution in [0.4, 0.5) is 0 Å². The first-order chi connectivity index (χ1) is 7.67. The van der Waals surface area contributed by atoms with E-state index in [0.29, 0.717) is 6.42 Å². The van der Waals surface area contributed by atoms with E-state index in [1.807, 2.05) is 0 Å². The third kappa shape index (κ3) is 5.85. The summed E-state index contributed by atoms with van der Waals surface area (Å²) in [5.74, 6) is -1.29. The summed E-state index contributed by atoms with van der Waals surface area (Å²) in [7, 11) is 2.75. The van der Waals surface area contributed by atoms with Gasteiger partial charge in [-0.15, -0.1) is 0 Å². The molecule has 0 amide bonds. The van der Waals surface area contributed by atoms with Gasteiger partial charge in [-0.25, -0.2) is 0 Å². The van der Waals surface area contributed by atoms with E-state index in [1.165, 1.54) is 14.2 Å². The van der Waals surface area contributed by atoms with Crippen molar-refractivity contribution in [1.29, 1.82) is 0 Å². The smallest absolute Gasteiger partial charge is 0.316 e. The predicted octanol–water partition coefficient (Wildman–Crippen LogP) is 1.96. The zero-order valence-corrected chi connectivity index (χ0v) is 10.5. The molecule has 0 aromatic rings. The molecule has 0 bridgehead atoms. The van der Waals surface area contributed by atoms with Gasteiger partial charge in [0.25, 0.3) is 0 Å². The van der Waals surface area contributed by atoms with Gasteiger partial charge in [-0.05, 0) is 6.42 Å². The molecular formula is C12H22O4. The third-order valence-electron chi connectivity index (χ3n) is 2.51. The Morgan fingerprint density at radius 1 is 1.12 bits per heavy atom. The van der Waals surface area contributed by atoms with Crippen molar-refractivity contribution in [2.75, 3.05) is 20.8 Å². The maximum Gasteiger partial charge on any atom is 0.316 e. The van der Waals surface area contributed by atoms with E-state index in [4.69, 9.17) is 4.74 Å². The van der Waals surface area contributed by atoms with Crippen LogP contribution in [0.25, 0.3) is 0 Å². The van der Waals surface area contributed by atoms with E-state index in [2.05, 4.69) is 11.7 Å². The van der Waals surface area contributed by atoms with E-state index in [9.17, 15) is 9.59 Å². The fraction of sp³-hybridized carbons (Fsp3) is 0.833. The maximum absolute atomic E-state index is 11.6. The number of methoxy groups -OCH3 is 2. The van der Waals surface area contributed by atoms with Crippen LogP contribution < -0.4 is 0 Å². The van der Waals surface area contributed by atoms with Gasteiger partial charge in [0.1, 0.15) is 12.5 Å². The van der Waals surface area contributed by atoms with Gasteiger partial charge in [-0.3, -0.25) is 9.59 Å². The number of carbonyl (C=O) groups is 2. The molecule has 0 aliphatic heterocycles. The van der Waals surface area contributed by atoms with Crippen molar-refractivity contribution in [3.63, 3.8) is 0 Å². The van der Waals surface area contributed by atoms with Gasteiger partial charge >= 0.3 is 5.97 Å². The summed E-state index contributed by atoms with van der Waals surface area (Å²) >= 11 is 0. The van der Waals surface area contributed by atoms with E-state index in [-0.39, 0.29) is 12.4 Å². The lowest BCUT2D eigenvalue weighted by molar-refractivity contribution is -0.150. The van der Waals surface area contributed by atoms with E-state index < -0.39 is 11.9 Å². The molecule has 0 aromatic heterocycles. The summed E-state index contributed by atoms with van der Waals surface area (Å²) in [5.41, 5.74) is 0. The minimum Gasteiger partial charge on any atom is -0.468 e. The van der Waals surface area contributed by atoms with Crippen LogP contribution in [0.15, 0.2) is 0 Å². The van der Waals surface area contributed by atoms with E-state index in [0.717, 1.165) is 25.7 Å². The van der Waals surface area contributed by atoms with Gasteiger partial charge in [0, 0.05) is 7.11 Å². The SMILES string of the molecule is CCCCCCC(C(=O)COC)C(=O)OC. The minimum absolute atomic E-state index is 0.0203. The molecule has 16 heavy (non-hydrogen) atoms. The molecule has 0 fully saturated rings. The monoisotopic (exact) mass is 230 g/mol. The number of hydrogen-bond donors (Lipinski definition) is 0. The molecule has 0 aliphatic rings. The van der Waals surface area contributed by atoms with Crippen LogP contribution >= 0.6 is 0 Å². The average molecular weight is 230 g/mol. The quantitative estimate of drug-likeness (QED) is 0.345. The second-order valence-corrected chi connectivity index (χ2v) is 3.82. The Bertz CT molecular complexity index is 213. The standard InChI is InChI=1S/C12H22O4/c1-4-5-6-7-8-10(12(14)16-3)11(13)9-15-2/h10H,4-9H2,1-3H3. The highest BCUT2D eigenvalue weighted by molar-refractivity contribution is 5.99. The first-order valence-electron chi connectivity index (χ1n) is 5.76. The Labute approximate surface area is 97.3 Å². The molecule has 0 N–H and O–H groups in total. The Morgan fingerprint density at radius 3 is 2.31 bits per heavy atom. The van der Waals surface area contributed by atoms with Crippen LogP contribution in [0.3, 0.4) is 0 Å². The van der Waals surface area contributed by atoms with Crippen LogP contribution in [-0.4, -0.2) is 32.6 Å². The first-order valence-corrected chi connectivity index (χ1v) is 5.76. The highest BCUT2D eigenvalue weighted by atomic mass is 16.5. The normalized spacial score (nSPS) is 12.2. The summed E-state index contributed by atoms with van der Waals surface area (Å²) in [5, 5.41) is 0. The number of ketones is 1. The van der Waals surface area contributed by atoms with Crippen LogP contribution in [-0.2, 0) is 19.1 Å². The number of unbranched alkanes of at least 4 members (excludes halogenated alkanes) is 3. The molecule has 0 aliphatic carbocycles. The molecule has 1 atom stereocenters. The molecule has 94 valence electrons. The van der Waals surface area contributed by atoms with Crippen LogP contribution in [0.1, 0.15) is 39.0 Å². The number of ether oxygens (including phenoxy) is 2. The Balaban J connectivity index is 4.10. The fourth-order valence-corrected chi connectivity index (χ4v) is 1.57. The van der Waals surface area contributed by atoms with Gasteiger partial charge in [-0.2, -0.15) is 0 Å². The van der Waals surface area contributed by atoms with Gasteiger partial charge in [0.15, 0.2) is 5.78 Å². The number of esters is 1. The van der Waals surface area contributed by atoms with Gasteiger partial charge < -0.3 is 9.47 Å². The number of Topliss-reactive ketones (excluding diaryl/α,β-unsaturated/α-hetero) is 1. The van der Waals surface area contributed by atoms with Crippen molar-refractivity contribution in [3.8, 4) is 0 Å². The van der Waals surface area contributed by atoms with Crippen LogP contribution in [0, 0.1) is 5.92 Å². The molecule has 0 radical (unpaired) electrons. The summed E-state index contributed by atoms with van der Waals surface area (Å²) in [4.78, 5) is 23.0. The lowest BCUT2D eigenvalue weighted by Crippen LogP contribution is -2.28. The molecule has 1 unspecified atom stereocenters. The zero-order chi connectivity index (χ0) is 12.4. The average Bonchev–Trinajstić information content (AvgIpc) is 2.28. The van der Waals surface area contributed by atoms with Crippen LogP contribution in [0.2, 0.25) is 0 Å². The molecule has 4 heteroatoms. The lowest BCUT2D eigenvalue weighted by atomic mass is 9.97. The van der Waals surface area contributed by atoms with E-state index >= 15 is 0 Å². The predicted molar refractivity (Wildman–Crippen MR) is 61.1 cm³/mol. The first kappa shape index (κ1) is 15.1. The molecule has 0 heterocycles. The topological polar surface area (TPSA) is 52.6 Å². The highest BCUT2D eigenvalue weighted by Crippen LogP contribution is 2.14. The number of hydrogen-bond acceptors (Lipinski definition) is 4. The Kier molecular flexibility index (Phi) is 8.81. The lowest BCUT2D eigenvalue weighted by Gasteiger charge is -2.12. The highest BCUT2D eigenvalue weighted by Gasteiger charge is 2.26. The number of rotatable bonds is 9. The van der Waals surface area contributed by atoms with Crippen molar-refractivity contribution in [2.45, 2.75) is 39.0 Å². The molecular weight excluding hydrogens is 208 g/mol. The van der Waals surface area contributed by atoms with Gasteiger partial charge in [0.05, 0.1) is 7.11 Å². The molecule has 0 saturated heterocycles. The number of carbonyl (C=O) groups excluding carboxylic acids is 2. The molecule has 0 saturated carbocycles. The molecule has 0 spiro atoms.